The molecule has 0 saturated carbocycles. The first-order chi connectivity index (χ1) is 9.54. The number of nitrogens with one attached hydrogen (secondary N) is 1. The van der Waals surface area contributed by atoms with Crippen LogP contribution in [0.1, 0.15) is 27.3 Å². The lowest BCUT2D eigenvalue weighted by Crippen LogP contribution is -2.15. The molecule has 0 amide bonds. The van der Waals surface area contributed by atoms with E-state index >= 15 is 0 Å². The molecule has 0 bridgehead atoms. The van der Waals surface area contributed by atoms with Crippen LogP contribution in [0, 0.1) is 6.92 Å². The van der Waals surface area contributed by atoms with E-state index in [-0.39, 0.29) is 5.56 Å². The molecule has 0 radical (unpaired) electrons. The average Bonchev–Trinajstić information content (AvgIpc) is 2.57. The number of nitrogens with zero attached hydrogens (tertiary/aromatic N) is 1. The number of fused-ring (bicyclic) bond motifs is 2. The molecule has 2 N–H and O–H groups in total. The Kier molecular flexibility index (Phi) is 2.78. The van der Waals surface area contributed by atoms with Gasteiger partial charge in [-0.05, 0) is 37.5 Å². The summed E-state index contributed by atoms with van der Waals surface area (Å²) >= 11 is 0. The number of hydrogen-bond donors (Lipinski definition) is 2. The number of carboxylic acids is 1. The van der Waals surface area contributed by atoms with Gasteiger partial charge < -0.3 is 14.8 Å². The predicted octanol–water partition coefficient (Wildman–Crippen LogP) is 1.67. The highest BCUT2D eigenvalue weighted by atomic mass is 16.5. The van der Waals surface area contributed by atoms with Crippen LogP contribution >= 0.6 is 0 Å². The van der Waals surface area contributed by atoms with Gasteiger partial charge in [0.2, 0.25) is 0 Å². The third-order valence-corrected chi connectivity index (χ3v) is 3.29. The lowest BCUT2D eigenvalue weighted by molar-refractivity contribution is 0.0696. The van der Waals surface area contributed by atoms with E-state index in [0.717, 1.165) is 5.56 Å². The average molecular weight is 272 g/mol. The summed E-state index contributed by atoms with van der Waals surface area (Å²) in [6, 6.07) is 4.78. The molecule has 0 atom stereocenters. The molecular formula is C14H12N2O4. The van der Waals surface area contributed by atoms with Crippen molar-refractivity contribution in [1.82, 2.24) is 9.97 Å². The summed E-state index contributed by atoms with van der Waals surface area (Å²) in [6.45, 7) is 1.73. The van der Waals surface area contributed by atoms with Gasteiger partial charge in [-0.2, -0.15) is 4.98 Å². The number of hydrogen-bond acceptors (Lipinski definition) is 4. The SMILES string of the molecule is Cc1[nH]c(=O)nc2c1Oc1cc(C(=O)O)ccc1CC2. The molecule has 6 heteroatoms. The fraction of sp³-hybridized carbons (Fsp3) is 0.214. The van der Waals surface area contributed by atoms with Crippen molar-refractivity contribution in [1.29, 1.82) is 0 Å². The Morgan fingerprint density at radius 2 is 2.20 bits per heavy atom. The van der Waals surface area contributed by atoms with E-state index in [0.29, 0.717) is 35.7 Å². The zero-order valence-corrected chi connectivity index (χ0v) is 10.8. The van der Waals surface area contributed by atoms with Crippen LogP contribution < -0.4 is 10.4 Å². The maximum atomic E-state index is 11.4. The largest absolute Gasteiger partial charge is 0.478 e. The molecule has 2 aromatic rings. The number of ether oxygens (including phenoxy) is 1. The highest BCUT2D eigenvalue weighted by Gasteiger charge is 2.20. The van der Waals surface area contributed by atoms with Gasteiger partial charge in [-0.15, -0.1) is 0 Å². The molecule has 1 aromatic heterocycles. The minimum absolute atomic E-state index is 0.169. The van der Waals surface area contributed by atoms with Crippen molar-refractivity contribution in [2.75, 3.05) is 0 Å². The van der Waals surface area contributed by atoms with Gasteiger partial charge in [-0.1, -0.05) is 6.07 Å². The minimum Gasteiger partial charge on any atom is -0.478 e. The maximum absolute atomic E-state index is 11.4. The molecule has 2 heterocycles. The Bertz CT molecular complexity index is 764. The number of aromatic amines is 1. The van der Waals surface area contributed by atoms with Gasteiger partial charge in [-0.25, -0.2) is 9.59 Å². The smallest absolute Gasteiger partial charge is 0.345 e. The number of aromatic carboxylic acids is 1. The molecule has 1 aromatic carbocycles. The molecule has 6 nitrogen and oxygen atoms in total. The second-order valence-electron chi connectivity index (χ2n) is 4.67. The summed E-state index contributed by atoms with van der Waals surface area (Å²) in [7, 11) is 0. The van der Waals surface area contributed by atoms with Gasteiger partial charge in [0.25, 0.3) is 0 Å². The molecule has 3 rings (SSSR count). The van der Waals surface area contributed by atoms with Crippen LogP contribution in [0.25, 0.3) is 0 Å². The van der Waals surface area contributed by atoms with Crippen molar-refractivity contribution in [3.63, 3.8) is 0 Å². The molecule has 0 saturated heterocycles. The summed E-state index contributed by atoms with van der Waals surface area (Å²) in [5.41, 5.74) is 1.86. The highest BCUT2D eigenvalue weighted by Crippen LogP contribution is 2.34. The Morgan fingerprint density at radius 1 is 1.40 bits per heavy atom. The molecule has 20 heavy (non-hydrogen) atoms. The number of rotatable bonds is 1. The van der Waals surface area contributed by atoms with Crippen LogP contribution in [0.4, 0.5) is 0 Å². The number of carbonyl (C=O) groups is 1. The second kappa shape index (κ2) is 4.48. The van der Waals surface area contributed by atoms with Crippen molar-refractivity contribution in [3.05, 3.63) is 51.2 Å². The Balaban J connectivity index is 2.13. The molecule has 0 spiro atoms. The van der Waals surface area contributed by atoms with Gasteiger partial charge in [0.05, 0.1) is 17.0 Å². The first-order valence-electron chi connectivity index (χ1n) is 6.18. The summed E-state index contributed by atoms with van der Waals surface area (Å²) in [5.74, 6) is 0.00340. The zero-order valence-electron chi connectivity index (χ0n) is 10.8. The molecule has 102 valence electrons. The quantitative estimate of drug-likeness (QED) is 0.823. The van der Waals surface area contributed by atoms with E-state index in [1.54, 1.807) is 19.1 Å². The van der Waals surface area contributed by atoms with Gasteiger partial charge in [-0.3, -0.25) is 0 Å². The van der Waals surface area contributed by atoms with Crippen molar-refractivity contribution in [2.45, 2.75) is 19.8 Å². The van der Waals surface area contributed by atoms with Crippen LogP contribution in [-0.4, -0.2) is 21.0 Å². The Labute approximate surface area is 114 Å². The number of carboxylic acid groups (broad SMARTS) is 1. The first-order valence-corrected chi connectivity index (χ1v) is 6.18. The van der Waals surface area contributed by atoms with E-state index < -0.39 is 11.7 Å². The topological polar surface area (TPSA) is 92.3 Å². The summed E-state index contributed by atoms with van der Waals surface area (Å²) < 4.78 is 5.78. The Morgan fingerprint density at radius 3 is 2.95 bits per heavy atom. The summed E-state index contributed by atoms with van der Waals surface area (Å²) in [6.07, 6.45) is 1.23. The van der Waals surface area contributed by atoms with Crippen molar-refractivity contribution in [3.8, 4) is 11.5 Å². The van der Waals surface area contributed by atoms with Crippen LogP contribution in [0.3, 0.4) is 0 Å². The molecule has 0 unspecified atom stereocenters. The number of benzene rings is 1. The van der Waals surface area contributed by atoms with E-state index in [1.165, 1.54) is 6.07 Å². The number of H-pyrrole nitrogens is 1. The van der Waals surface area contributed by atoms with Crippen molar-refractivity contribution >= 4 is 5.97 Å². The monoisotopic (exact) mass is 272 g/mol. The maximum Gasteiger partial charge on any atom is 0.345 e. The fourth-order valence-corrected chi connectivity index (χ4v) is 2.29. The van der Waals surface area contributed by atoms with E-state index in [9.17, 15) is 9.59 Å². The molecule has 1 aliphatic heterocycles. The molecule has 0 fully saturated rings. The fourth-order valence-electron chi connectivity index (χ4n) is 2.29. The zero-order chi connectivity index (χ0) is 14.3. The van der Waals surface area contributed by atoms with E-state index in [2.05, 4.69) is 9.97 Å². The van der Waals surface area contributed by atoms with E-state index in [4.69, 9.17) is 9.84 Å². The van der Waals surface area contributed by atoms with Crippen LogP contribution in [-0.2, 0) is 12.8 Å². The van der Waals surface area contributed by atoms with Gasteiger partial charge in [0.1, 0.15) is 5.75 Å². The lowest BCUT2D eigenvalue weighted by atomic mass is 10.1. The van der Waals surface area contributed by atoms with Gasteiger partial charge >= 0.3 is 11.7 Å². The third kappa shape index (κ3) is 2.05. The standard InChI is InChI=1S/C14H12N2O4/c1-7-12-10(16-14(19)15-7)5-4-8-2-3-9(13(17)18)6-11(8)20-12/h2-3,6H,4-5H2,1H3,(H,17,18)(H,15,16,19). The minimum atomic E-state index is -1.00. The normalized spacial score (nSPS) is 12.8. The van der Waals surface area contributed by atoms with Gasteiger partial charge in [0, 0.05) is 0 Å². The molecule has 0 aliphatic carbocycles. The molecular weight excluding hydrogens is 260 g/mol. The summed E-state index contributed by atoms with van der Waals surface area (Å²) in [4.78, 5) is 28.9. The Hall–Kier alpha value is -2.63. The number of aromatic nitrogens is 2. The summed E-state index contributed by atoms with van der Waals surface area (Å²) in [5, 5.41) is 9.03. The highest BCUT2D eigenvalue weighted by molar-refractivity contribution is 5.88. The van der Waals surface area contributed by atoms with Gasteiger partial charge in [0.15, 0.2) is 5.75 Å². The van der Waals surface area contributed by atoms with Crippen LogP contribution in [0.5, 0.6) is 11.5 Å². The van der Waals surface area contributed by atoms with Crippen molar-refractivity contribution in [2.24, 2.45) is 0 Å². The second-order valence-corrected chi connectivity index (χ2v) is 4.67. The number of aryl methyl sites for hydroxylation is 3. The third-order valence-electron chi connectivity index (χ3n) is 3.29. The van der Waals surface area contributed by atoms with E-state index in [1.807, 2.05) is 0 Å². The molecule has 1 aliphatic rings. The lowest BCUT2D eigenvalue weighted by Gasteiger charge is -2.10. The van der Waals surface area contributed by atoms with Crippen molar-refractivity contribution < 1.29 is 14.6 Å². The van der Waals surface area contributed by atoms with Crippen LogP contribution in [0.15, 0.2) is 23.0 Å². The first kappa shape index (κ1) is 12.4. The predicted molar refractivity (Wildman–Crippen MR) is 70.5 cm³/mol. The van der Waals surface area contributed by atoms with Crippen LogP contribution in [0.2, 0.25) is 0 Å².